The summed E-state index contributed by atoms with van der Waals surface area (Å²) in [4.78, 5) is 37.8. The standard InChI is InChI=1S/C15H18N6O2/c1-11(22)21-9-12(8-20-5-4-18-14(20)10-21)6-19-15(23)13-7-16-2-3-17-13/h2-5,7,12H,6,8-10H2,1H3,(H,19,23). The van der Waals surface area contributed by atoms with Crippen molar-refractivity contribution in [3.8, 4) is 0 Å². The van der Waals surface area contributed by atoms with Crippen LogP contribution in [0.15, 0.2) is 31.0 Å². The average Bonchev–Trinajstić information content (AvgIpc) is 2.91. The Morgan fingerprint density at radius 1 is 1.26 bits per heavy atom. The fourth-order valence-electron chi connectivity index (χ4n) is 2.65. The Bertz CT molecular complexity index is 699. The van der Waals surface area contributed by atoms with Crippen molar-refractivity contribution in [3.63, 3.8) is 0 Å². The maximum atomic E-state index is 12.1. The molecule has 2 aromatic heterocycles. The van der Waals surface area contributed by atoms with Crippen molar-refractivity contribution in [1.29, 1.82) is 0 Å². The highest BCUT2D eigenvalue weighted by atomic mass is 16.2. The zero-order valence-electron chi connectivity index (χ0n) is 12.8. The smallest absolute Gasteiger partial charge is 0.271 e. The van der Waals surface area contributed by atoms with E-state index in [1.165, 1.54) is 18.6 Å². The summed E-state index contributed by atoms with van der Waals surface area (Å²) in [5, 5.41) is 2.87. The molecular weight excluding hydrogens is 296 g/mol. The van der Waals surface area contributed by atoms with E-state index < -0.39 is 0 Å². The van der Waals surface area contributed by atoms with Crippen LogP contribution in [0, 0.1) is 5.92 Å². The summed E-state index contributed by atoms with van der Waals surface area (Å²) in [7, 11) is 0. The van der Waals surface area contributed by atoms with Gasteiger partial charge in [0.05, 0.1) is 12.7 Å². The van der Waals surface area contributed by atoms with Crippen molar-refractivity contribution in [2.24, 2.45) is 5.92 Å². The van der Waals surface area contributed by atoms with Crippen molar-refractivity contribution in [2.45, 2.75) is 20.0 Å². The minimum atomic E-state index is -0.262. The van der Waals surface area contributed by atoms with E-state index in [-0.39, 0.29) is 23.4 Å². The monoisotopic (exact) mass is 314 g/mol. The number of imidazole rings is 1. The molecule has 0 saturated heterocycles. The van der Waals surface area contributed by atoms with E-state index >= 15 is 0 Å². The molecule has 120 valence electrons. The Morgan fingerprint density at radius 2 is 2.13 bits per heavy atom. The minimum Gasteiger partial charge on any atom is -0.350 e. The van der Waals surface area contributed by atoms with Crippen molar-refractivity contribution < 1.29 is 9.59 Å². The van der Waals surface area contributed by atoms with Crippen LogP contribution in [0.25, 0.3) is 0 Å². The number of hydrogen-bond donors (Lipinski definition) is 1. The van der Waals surface area contributed by atoms with Crippen LogP contribution in [0.3, 0.4) is 0 Å². The van der Waals surface area contributed by atoms with Crippen molar-refractivity contribution in [3.05, 3.63) is 42.5 Å². The van der Waals surface area contributed by atoms with E-state index in [0.29, 0.717) is 26.2 Å². The van der Waals surface area contributed by atoms with Gasteiger partial charge in [0.15, 0.2) is 0 Å². The van der Waals surface area contributed by atoms with Gasteiger partial charge in [-0.05, 0) is 0 Å². The van der Waals surface area contributed by atoms with Crippen LogP contribution in [0.5, 0.6) is 0 Å². The second-order valence-corrected chi connectivity index (χ2v) is 5.56. The molecule has 0 spiro atoms. The number of fused-ring (bicyclic) bond motifs is 1. The fraction of sp³-hybridized carbons (Fsp3) is 0.400. The maximum absolute atomic E-state index is 12.1. The Kier molecular flexibility index (Phi) is 4.31. The summed E-state index contributed by atoms with van der Waals surface area (Å²) in [6.07, 6.45) is 8.06. The van der Waals surface area contributed by atoms with Crippen molar-refractivity contribution >= 4 is 11.8 Å². The summed E-state index contributed by atoms with van der Waals surface area (Å²) in [5.74, 6) is 0.715. The summed E-state index contributed by atoms with van der Waals surface area (Å²) < 4.78 is 2.03. The average molecular weight is 314 g/mol. The molecule has 0 fully saturated rings. The van der Waals surface area contributed by atoms with Gasteiger partial charge in [0.1, 0.15) is 11.5 Å². The number of hydrogen-bond acceptors (Lipinski definition) is 5. The molecule has 3 rings (SSSR count). The normalized spacial score (nSPS) is 17.3. The van der Waals surface area contributed by atoms with Gasteiger partial charge in [0, 0.05) is 57.3 Å². The molecular formula is C15H18N6O2. The Hall–Kier alpha value is -2.77. The second kappa shape index (κ2) is 6.55. The van der Waals surface area contributed by atoms with E-state index in [1.807, 2.05) is 10.8 Å². The number of aromatic nitrogens is 4. The van der Waals surface area contributed by atoms with E-state index in [2.05, 4.69) is 20.3 Å². The third-order valence-electron chi connectivity index (χ3n) is 3.86. The van der Waals surface area contributed by atoms with E-state index in [1.54, 1.807) is 18.0 Å². The molecule has 8 nitrogen and oxygen atoms in total. The topological polar surface area (TPSA) is 93.0 Å². The van der Waals surface area contributed by atoms with E-state index in [4.69, 9.17) is 0 Å². The summed E-state index contributed by atoms with van der Waals surface area (Å²) in [6, 6.07) is 0. The molecule has 0 aromatic carbocycles. The molecule has 0 saturated carbocycles. The number of carbonyl (C=O) groups is 2. The molecule has 8 heteroatoms. The zero-order chi connectivity index (χ0) is 16.2. The summed E-state index contributed by atoms with van der Waals surface area (Å²) >= 11 is 0. The highest BCUT2D eigenvalue weighted by Gasteiger charge is 2.24. The van der Waals surface area contributed by atoms with Crippen LogP contribution >= 0.6 is 0 Å². The van der Waals surface area contributed by atoms with Crippen LogP contribution in [0.4, 0.5) is 0 Å². The summed E-state index contributed by atoms with van der Waals surface area (Å²) in [5.41, 5.74) is 0.285. The fourth-order valence-corrected chi connectivity index (χ4v) is 2.65. The molecule has 1 atom stereocenters. The lowest BCUT2D eigenvalue weighted by molar-refractivity contribution is -0.130. The SMILES string of the molecule is CC(=O)N1Cc2nccn2CC(CNC(=O)c2cnccn2)C1. The molecule has 2 aromatic rings. The van der Waals surface area contributed by atoms with Gasteiger partial charge in [-0.25, -0.2) is 9.97 Å². The molecule has 23 heavy (non-hydrogen) atoms. The van der Waals surface area contributed by atoms with Crippen LogP contribution in [-0.4, -0.2) is 49.3 Å². The Balaban J connectivity index is 1.67. The zero-order valence-corrected chi connectivity index (χ0v) is 12.8. The number of amides is 2. The van der Waals surface area contributed by atoms with Crippen LogP contribution in [0.1, 0.15) is 23.2 Å². The lowest BCUT2D eigenvalue weighted by Crippen LogP contribution is -2.38. The molecule has 1 aliphatic rings. The van der Waals surface area contributed by atoms with Crippen molar-refractivity contribution in [2.75, 3.05) is 13.1 Å². The first-order valence-electron chi connectivity index (χ1n) is 7.43. The molecule has 0 aliphatic carbocycles. The molecule has 1 unspecified atom stereocenters. The number of rotatable bonds is 3. The third kappa shape index (κ3) is 3.53. The largest absolute Gasteiger partial charge is 0.350 e. The number of nitrogens with one attached hydrogen (secondary N) is 1. The van der Waals surface area contributed by atoms with Gasteiger partial charge in [-0.15, -0.1) is 0 Å². The maximum Gasteiger partial charge on any atom is 0.271 e. The molecule has 1 N–H and O–H groups in total. The quantitative estimate of drug-likeness (QED) is 0.866. The number of nitrogens with zero attached hydrogens (tertiary/aromatic N) is 5. The molecule has 0 radical (unpaired) electrons. The lowest BCUT2D eigenvalue weighted by Gasteiger charge is -2.22. The van der Waals surface area contributed by atoms with Gasteiger partial charge in [0.25, 0.3) is 5.91 Å². The van der Waals surface area contributed by atoms with Crippen LogP contribution < -0.4 is 5.32 Å². The van der Waals surface area contributed by atoms with E-state index in [0.717, 1.165) is 5.82 Å². The molecule has 1 aliphatic heterocycles. The van der Waals surface area contributed by atoms with Gasteiger partial charge >= 0.3 is 0 Å². The molecule has 2 amide bonds. The molecule has 0 bridgehead atoms. The van der Waals surface area contributed by atoms with Crippen molar-refractivity contribution in [1.82, 2.24) is 29.7 Å². The summed E-state index contributed by atoms with van der Waals surface area (Å²) in [6.45, 7) is 3.79. The minimum absolute atomic E-state index is 0.00621. The van der Waals surface area contributed by atoms with Gasteiger partial charge in [-0.1, -0.05) is 0 Å². The van der Waals surface area contributed by atoms with Gasteiger partial charge in [-0.2, -0.15) is 0 Å². The number of carbonyl (C=O) groups excluding carboxylic acids is 2. The highest BCUT2D eigenvalue weighted by molar-refractivity contribution is 5.91. The second-order valence-electron chi connectivity index (χ2n) is 5.56. The predicted molar refractivity (Wildman–Crippen MR) is 81.2 cm³/mol. The Labute approximate surface area is 133 Å². The van der Waals surface area contributed by atoms with Crippen LogP contribution in [-0.2, 0) is 17.9 Å². The van der Waals surface area contributed by atoms with Gasteiger partial charge in [0.2, 0.25) is 5.91 Å². The Morgan fingerprint density at radius 3 is 2.87 bits per heavy atom. The first-order valence-corrected chi connectivity index (χ1v) is 7.43. The lowest BCUT2D eigenvalue weighted by atomic mass is 10.1. The van der Waals surface area contributed by atoms with Gasteiger partial charge in [-0.3, -0.25) is 14.6 Å². The first-order chi connectivity index (χ1) is 11.1. The van der Waals surface area contributed by atoms with Crippen LogP contribution in [0.2, 0.25) is 0 Å². The molecule has 3 heterocycles. The predicted octanol–water partition coefficient (Wildman–Crippen LogP) is 0.0814. The first kappa shape index (κ1) is 15.1. The van der Waals surface area contributed by atoms with Gasteiger partial charge < -0.3 is 14.8 Å². The van der Waals surface area contributed by atoms with E-state index in [9.17, 15) is 9.59 Å². The highest BCUT2D eigenvalue weighted by Crippen LogP contribution is 2.15. The third-order valence-corrected chi connectivity index (χ3v) is 3.86.